The zero-order chi connectivity index (χ0) is 17.2. The normalized spacial score (nSPS) is 14.9. The quantitative estimate of drug-likeness (QED) is 0.549. The first-order valence-electron chi connectivity index (χ1n) is 8.61. The van der Waals surface area contributed by atoms with Crippen molar-refractivity contribution in [1.82, 2.24) is 5.32 Å². The van der Waals surface area contributed by atoms with Crippen LogP contribution in [0, 0.1) is 0 Å². The fourth-order valence-electron chi connectivity index (χ4n) is 2.82. The highest BCUT2D eigenvalue weighted by atomic mass is 32.1. The third-order valence-corrected chi connectivity index (χ3v) is 4.42. The Hall–Kier alpha value is -1.53. The van der Waals surface area contributed by atoms with Crippen LogP contribution in [0.4, 0.5) is 5.69 Å². The summed E-state index contributed by atoms with van der Waals surface area (Å²) in [6.45, 7) is 1.57. The standard InChI is InChI=1S/C18H28N2O3S/c1-21-15-9-10-16(17(13-15)22-2)20-18(24)19-11-6-12-23-14-7-4-3-5-8-14/h9-10,13-14H,3-8,11-12H2,1-2H3,(H2,19,20,24). The smallest absolute Gasteiger partial charge is 0.170 e. The first kappa shape index (κ1) is 18.8. The lowest BCUT2D eigenvalue weighted by Gasteiger charge is -2.22. The molecule has 0 saturated heterocycles. The molecule has 2 rings (SSSR count). The molecule has 1 aliphatic carbocycles. The van der Waals surface area contributed by atoms with E-state index in [0.29, 0.717) is 17.0 Å². The number of rotatable bonds is 8. The number of thiocarbonyl (C=S) groups is 1. The lowest BCUT2D eigenvalue weighted by Crippen LogP contribution is -2.30. The summed E-state index contributed by atoms with van der Waals surface area (Å²) in [5, 5.41) is 6.93. The molecular formula is C18H28N2O3S. The van der Waals surface area contributed by atoms with Gasteiger partial charge in [-0.2, -0.15) is 0 Å². The number of benzene rings is 1. The summed E-state index contributed by atoms with van der Waals surface area (Å²) in [5.41, 5.74) is 0.814. The van der Waals surface area contributed by atoms with Crippen molar-refractivity contribution in [3.8, 4) is 11.5 Å². The Labute approximate surface area is 150 Å². The first-order valence-corrected chi connectivity index (χ1v) is 9.02. The van der Waals surface area contributed by atoms with Crippen LogP contribution < -0.4 is 20.1 Å². The zero-order valence-corrected chi connectivity index (χ0v) is 15.4. The predicted molar refractivity (Wildman–Crippen MR) is 101 cm³/mol. The third kappa shape index (κ3) is 6.17. The molecule has 0 atom stereocenters. The Morgan fingerprint density at radius 3 is 2.67 bits per heavy atom. The molecule has 1 saturated carbocycles. The Bertz CT molecular complexity index is 519. The second kappa shape index (κ2) is 10.4. The summed E-state index contributed by atoms with van der Waals surface area (Å²) in [4.78, 5) is 0. The van der Waals surface area contributed by atoms with Crippen LogP contribution in [0.15, 0.2) is 18.2 Å². The molecule has 1 fully saturated rings. The van der Waals surface area contributed by atoms with Crippen molar-refractivity contribution in [1.29, 1.82) is 0 Å². The largest absolute Gasteiger partial charge is 0.497 e. The number of hydrogen-bond donors (Lipinski definition) is 2. The Kier molecular flexibility index (Phi) is 8.12. The van der Waals surface area contributed by atoms with E-state index in [1.54, 1.807) is 14.2 Å². The molecule has 1 aliphatic rings. The highest BCUT2D eigenvalue weighted by molar-refractivity contribution is 7.80. The van der Waals surface area contributed by atoms with E-state index in [0.717, 1.165) is 31.0 Å². The molecule has 2 N–H and O–H groups in total. The summed E-state index contributed by atoms with van der Waals surface area (Å²) < 4.78 is 16.4. The summed E-state index contributed by atoms with van der Waals surface area (Å²) in [6, 6.07) is 5.58. The maximum Gasteiger partial charge on any atom is 0.170 e. The van der Waals surface area contributed by atoms with Gasteiger partial charge in [0.1, 0.15) is 11.5 Å². The van der Waals surface area contributed by atoms with Crippen LogP contribution in [0.2, 0.25) is 0 Å². The van der Waals surface area contributed by atoms with Gasteiger partial charge in [-0.25, -0.2) is 0 Å². The van der Waals surface area contributed by atoms with Crippen molar-refractivity contribution in [3.63, 3.8) is 0 Å². The van der Waals surface area contributed by atoms with Gasteiger partial charge in [-0.1, -0.05) is 19.3 Å². The van der Waals surface area contributed by atoms with Gasteiger partial charge in [-0.3, -0.25) is 0 Å². The lowest BCUT2D eigenvalue weighted by molar-refractivity contribution is 0.0277. The van der Waals surface area contributed by atoms with E-state index in [9.17, 15) is 0 Å². The van der Waals surface area contributed by atoms with Crippen molar-refractivity contribution >= 4 is 23.0 Å². The van der Waals surface area contributed by atoms with Gasteiger partial charge in [-0.15, -0.1) is 0 Å². The summed E-state index contributed by atoms with van der Waals surface area (Å²) in [6.07, 6.45) is 7.80. The van der Waals surface area contributed by atoms with Gasteiger partial charge < -0.3 is 24.8 Å². The Balaban J connectivity index is 1.66. The minimum atomic E-state index is 0.465. The van der Waals surface area contributed by atoms with E-state index in [-0.39, 0.29) is 0 Å². The van der Waals surface area contributed by atoms with E-state index >= 15 is 0 Å². The minimum absolute atomic E-state index is 0.465. The SMILES string of the molecule is COc1ccc(NC(=S)NCCCOC2CCCCC2)c(OC)c1. The molecule has 0 bridgehead atoms. The molecule has 0 aliphatic heterocycles. The zero-order valence-electron chi connectivity index (χ0n) is 14.6. The number of anilines is 1. The molecule has 1 aromatic carbocycles. The Morgan fingerprint density at radius 2 is 1.96 bits per heavy atom. The molecule has 5 nitrogen and oxygen atoms in total. The van der Waals surface area contributed by atoms with Crippen LogP contribution in [-0.4, -0.2) is 38.6 Å². The highest BCUT2D eigenvalue weighted by Gasteiger charge is 2.13. The molecule has 24 heavy (non-hydrogen) atoms. The monoisotopic (exact) mass is 352 g/mol. The molecular weight excluding hydrogens is 324 g/mol. The van der Waals surface area contributed by atoms with Crippen molar-refractivity contribution < 1.29 is 14.2 Å². The molecule has 0 spiro atoms. The maximum absolute atomic E-state index is 5.91. The van der Waals surface area contributed by atoms with Crippen LogP contribution in [-0.2, 0) is 4.74 Å². The second-order valence-electron chi connectivity index (χ2n) is 5.93. The third-order valence-electron chi connectivity index (χ3n) is 4.17. The van der Waals surface area contributed by atoms with Crippen molar-refractivity contribution in [2.45, 2.75) is 44.6 Å². The van der Waals surface area contributed by atoms with Gasteiger partial charge >= 0.3 is 0 Å². The van der Waals surface area contributed by atoms with E-state index in [4.69, 9.17) is 26.4 Å². The van der Waals surface area contributed by atoms with Gasteiger partial charge in [0, 0.05) is 19.2 Å². The average molecular weight is 353 g/mol. The number of nitrogens with one attached hydrogen (secondary N) is 2. The van der Waals surface area contributed by atoms with Gasteiger partial charge in [0.05, 0.1) is 26.0 Å². The van der Waals surface area contributed by atoms with E-state index in [1.807, 2.05) is 18.2 Å². The minimum Gasteiger partial charge on any atom is -0.497 e. The molecule has 0 radical (unpaired) electrons. The molecule has 0 unspecified atom stereocenters. The van der Waals surface area contributed by atoms with Gasteiger partial charge in [0.2, 0.25) is 0 Å². The van der Waals surface area contributed by atoms with E-state index in [1.165, 1.54) is 32.1 Å². The molecule has 6 heteroatoms. The van der Waals surface area contributed by atoms with Crippen LogP contribution in [0.3, 0.4) is 0 Å². The fourth-order valence-corrected chi connectivity index (χ4v) is 3.04. The summed E-state index contributed by atoms with van der Waals surface area (Å²) in [7, 11) is 3.25. The summed E-state index contributed by atoms with van der Waals surface area (Å²) >= 11 is 5.33. The first-order chi connectivity index (χ1) is 11.7. The van der Waals surface area contributed by atoms with Crippen molar-refractivity contribution in [2.24, 2.45) is 0 Å². The van der Waals surface area contributed by atoms with Crippen LogP contribution >= 0.6 is 12.2 Å². The van der Waals surface area contributed by atoms with Crippen LogP contribution in [0.5, 0.6) is 11.5 Å². The molecule has 1 aromatic rings. The maximum atomic E-state index is 5.91. The van der Waals surface area contributed by atoms with Crippen LogP contribution in [0.25, 0.3) is 0 Å². The number of methoxy groups -OCH3 is 2. The lowest BCUT2D eigenvalue weighted by atomic mass is 9.98. The topological polar surface area (TPSA) is 51.8 Å². The number of hydrogen-bond acceptors (Lipinski definition) is 4. The van der Waals surface area contributed by atoms with E-state index in [2.05, 4.69) is 10.6 Å². The molecule has 134 valence electrons. The predicted octanol–water partition coefficient (Wildman–Crippen LogP) is 3.73. The van der Waals surface area contributed by atoms with Crippen molar-refractivity contribution in [2.75, 3.05) is 32.7 Å². The fraction of sp³-hybridized carbons (Fsp3) is 0.611. The average Bonchev–Trinajstić information content (AvgIpc) is 2.62. The second-order valence-corrected chi connectivity index (χ2v) is 6.34. The van der Waals surface area contributed by atoms with Gasteiger partial charge in [-0.05, 0) is 43.6 Å². The molecule has 0 aromatic heterocycles. The number of ether oxygens (including phenoxy) is 3. The molecule has 0 amide bonds. The molecule has 0 heterocycles. The van der Waals surface area contributed by atoms with Gasteiger partial charge in [0.15, 0.2) is 5.11 Å². The highest BCUT2D eigenvalue weighted by Crippen LogP contribution is 2.28. The summed E-state index contributed by atoms with van der Waals surface area (Å²) in [5.74, 6) is 1.44. The van der Waals surface area contributed by atoms with Crippen molar-refractivity contribution in [3.05, 3.63) is 18.2 Å². The Morgan fingerprint density at radius 1 is 1.17 bits per heavy atom. The van der Waals surface area contributed by atoms with Crippen LogP contribution in [0.1, 0.15) is 38.5 Å². The van der Waals surface area contributed by atoms with E-state index < -0.39 is 0 Å². The van der Waals surface area contributed by atoms with Gasteiger partial charge in [0.25, 0.3) is 0 Å².